The van der Waals surface area contributed by atoms with Crippen LogP contribution in [0.25, 0.3) is 0 Å². The molecule has 1 unspecified atom stereocenters. The molecule has 1 aromatic carbocycles. The Kier molecular flexibility index (Phi) is 5.73. The Balaban J connectivity index is 1.89. The molecule has 1 amide bonds. The van der Waals surface area contributed by atoms with E-state index >= 15 is 0 Å². The Bertz CT molecular complexity index is 721. The minimum absolute atomic E-state index is 0.0328. The quantitative estimate of drug-likeness (QED) is 0.823. The number of methoxy groups -OCH3 is 1. The van der Waals surface area contributed by atoms with E-state index < -0.39 is 5.97 Å². The van der Waals surface area contributed by atoms with Crippen LogP contribution in [0.2, 0.25) is 0 Å². The molecule has 24 heavy (non-hydrogen) atoms. The summed E-state index contributed by atoms with van der Waals surface area (Å²) in [5.41, 5.74) is 1.25. The molecule has 2 aromatic rings. The molecule has 6 heteroatoms. The number of amides is 1. The van der Waals surface area contributed by atoms with Crippen molar-refractivity contribution in [1.29, 1.82) is 0 Å². The first-order valence-electron chi connectivity index (χ1n) is 7.60. The molecular weight excluding hydrogens is 313 g/mol. The minimum Gasteiger partial charge on any atom is -0.465 e. The summed E-state index contributed by atoms with van der Waals surface area (Å²) in [6.07, 6.45) is 0.273. The van der Waals surface area contributed by atoms with Crippen LogP contribution in [-0.4, -0.2) is 19.0 Å². The number of aryl methyl sites for hydroxylation is 1. The van der Waals surface area contributed by atoms with Crippen LogP contribution < -0.4 is 5.32 Å². The number of esters is 1. The average Bonchev–Trinajstić information content (AvgIpc) is 2.93. The summed E-state index contributed by atoms with van der Waals surface area (Å²) in [5.74, 6) is -0.0275. The van der Waals surface area contributed by atoms with Gasteiger partial charge < -0.3 is 14.5 Å². The number of hydrogen-bond acceptors (Lipinski definition) is 4. The van der Waals surface area contributed by atoms with Gasteiger partial charge in [0.1, 0.15) is 22.9 Å². The lowest BCUT2D eigenvalue weighted by molar-refractivity contribution is -0.121. The number of ether oxygens (including phenoxy) is 1. The zero-order valence-corrected chi connectivity index (χ0v) is 13.9. The van der Waals surface area contributed by atoms with Crippen molar-refractivity contribution in [1.82, 2.24) is 5.32 Å². The van der Waals surface area contributed by atoms with Gasteiger partial charge >= 0.3 is 5.97 Å². The summed E-state index contributed by atoms with van der Waals surface area (Å²) in [5, 5.41) is 2.75. The van der Waals surface area contributed by atoms with Crippen LogP contribution in [0.4, 0.5) is 4.39 Å². The van der Waals surface area contributed by atoms with Gasteiger partial charge in [0.2, 0.25) is 5.91 Å². The molecule has 128 valence electrons. The fraction of sp³-hybridized carbons (Fsp3) is 0.333. The summed E-state index contributed by atoms with van der Waals surface area (Å²) in [6, 6.07) is 7.66. The molecule has 0 bridgehead atoms. The van der Waals surface area contributed by atoms with Gasteiger partial charge in [-0.1, -0.05) is 19.1 Å². The van der Waals surface area contributed by atoms with E-state index in [1.807, 2.05) is 6.92 Å². The largest absolute Gasteiger partial charge is 0.465 e. The second-order valence-corrected chi connectivity index (χ2v) is 5.61. The zero-order valence-electron chi connectivity index (χ0n) is 13.9. The monoisotopic (exact) mass is 333 g/mol. The Labute approximate surface area is 139 Å². The Morgan fingerprint density at radius 3 is 2.58 bits per heavy atom. The maximum absolute atomic E-state index is 12.9. The molecule has 1 heterocycles. The first kappa shape index (κ1) is 17.7. The smallest absolute Gasteiger partial charge is 0.341 e. The van der Waals surface area contributed by atoms with E-state index in [9.17, 15) is 14.0 Å². The standard InChI is InChI=1S/C18H20FNO4/c1-11(13-4-6-14(19)7-5-13)8-17(21)20-10-15-9-16(12(2)24-15)18(22)23-3/h4-7,9,11H,8,10H2,1-3H3,(H,20,21). The van der Waals surface area contributed by atoms with Gasteiger partial charge in [0.05, 0.1) is 13.7 Å². The highest BCUT2D eigenvalue weighted by molar-refractivity contribution is 5.90. The third-order valence-electron chi connectivity index (χ3n) is 3.76. The second kappa shape index (κ2) is 7.77. The van der Waals surface area contributed by atoms with Gasteiger partial charge in [0.15, 0.2) is 0 Å². The fourth-order valence-corrected chi connectivity index (χ4v) is 2.39. The molecule has 0 saturated carbocycles. The van der Waals surface area contributed by atoms with Crippen molar-refractivity contribution in [2.45, 2.75) is 32.7 Å². The van der Waals surface area contributed by atoms with Crippen LogP contribution in [0.5, 0.6) is 0 Å². The van der Waals surface area contributed by atoms with Gasteiger partial charge in [-0.25, -0.2) is 9.18 Å². The normalized spacial score (nSPS) is 11.8. The number of rotatable bonds is 6. The molecule has 1 atom stereocenters. The number of carbonyl (C=O) groups is 2. The summed E-state index contributed by atoms with van der Waals surface area (Å²) in [4.78, 5) is 23.5. The lowest BCUT2D eigenvalue weighted by atomic mass is 9.97. The van der Waals surface area contributed by atoms with Crippen molar-refractivity contribution in [3.63, 3.8) is 0 Å². The van der Waals surface area contributed by atoms with Crippen LogP contribution in [0.15, 0.2) is 34.7 Å². The van der Waals surface area contributed by atoms with Crippen LogP contribution in [0.1, 0.15) is 46.7 Å². The Morgan fingerprint density at radius 2 is 1.96 bits per heavy atom. The highest BCUT2D eigenvalue weighted by atomic mass is 19.1. The van der Waals surface area contributed by atoms with Crippen molar-refractivity contribution >= 4 is 11.9 Å². The molecule has 0 aliphatic carbocycles. The van der Waals surface area contributed by atoms with Gasteiger partial charge in [0.25, 0.3) is 0 Å². The Hall–Kier alpha value is -2.63. The van der Waals surface area contributed by atoms with Crippen molar-refractivity contribution in [2.24, 2.45) is 0 Å². The maximum Gasteiger partial charge on any atom is 0.341 e. The first-order chi connectivity index (χ1) is 11.4. The molecule has 0 spiro atoms. The molecule has 0 radical (unpaired) electrons. The molecule has 1 aromatic heterocycles. The summed E-state index contributed by atoms with van der Waals surface area (Å²) >= 11 is 0. The van der Waals surface area contributed by atoms with E-state index in [2.05, 4.69) is 10.1 Å². The van der Waals surface area contributed by atoms with Crippen molar-refractivity contribution in [3.05, 3.63) is 58.8 Å². The molecule has 0 saturated heterocycles. The minimum atomic E-state index is -0.473. The fourth-order valence-electron chi connectivity index (χ4n) is 2.39. The van der Waals surface area contributed by atoms with Crippen molar-refractivity contribution in [3.8, 4) is 0 Å². The predicted octanol–water partition coefficient (Wildman–Crippen LogP) is 3.32. The van der Waals surface area contributed by atoms with Crippen LogP contribution in [-0.2, 0) is 16.1 Å². The SMILES string of the molecule is COC(=O)c1cc(CNC(=O)CC(C)c2ccc(F)cc2)oc1C. The molecule has 0 aliphatic heterocycles. The van der Waals surface area contributed by atoms with E-state index in [0.717, 1.165) is 5.56 Å². The second-order valence-electron chi connectivity index (χ2n) is 5.61. The highest BCUT2D eigenvalue weighted by Gasteiger charge is 2.16. The van der Waals surface area contributed by atoms with Gasteiger partial charge in [-0.2, -0.15) is 0 Å². The third kappa shape index (κ3) is 4.44. The average molecular weight is 333 g/mol. The molecule has 0 fully saturated rings. The van der Waals surface area contributed by atoms with Crippen LogP contribution in [0.3, 0.4) is 0 Å². The summed E-state index contributed by atoms with van der Waals surface area (Å²) in [6.45, 7) is 3.75. The predicted molar refractivity (Wildman–Crippen MR) is 86.1 cm³/mol. The van der Waals surface area contributed by atoms with Crippen LogP contribution >= 0.6 is 0 Å². The van der Waals surface area contributed by atoms with Crippen molar-refractivity contribution < 1.29 is 23.1 Å². The van der Waals surface area contributed by atoms with Gasteiger partial charge in [-0.3, -0.25) is 4.79 Å². The molecule has 5 nitrogen and oxygen atoms in total. The van der Waals surface area contributed by atoms with E-state index in [-0.39, 0.29) is 30.6 Å². The number of halogens is 1. The lowest BCUT2D eigenvalue weighted by Crippen LogP contribution is -2.23. The van der Waals surface area contributed by atoms with E-state index in [0.29, 0.717) is 17.1 Å². The summed E-state index contributed by atoms with van der Waals surface area (Å²) < 4.78 is 23.0. The van der Waals surface area contributed by atoms with Crippen molar-refractivity contribution in [2.75, 3.05) is 7.11 Å². The first-order valence-corrected chi connectivity index (χ1v) is 7.60. The van der Waals surface area contributed by atoms with Crippen LogP contribution in [0, 0.1) is 12.7 Å². The molecule has 1 N–H and O–H groups in total. The van der Waals surface area contributed by atoms with E-state index in [1.165, 1.54) is 19.2 Å². The van der Waals surface area contributed by atoms with Gasteiger partial charge in [-0.15, -0.1) is 0 Å². The number of nitrogens with one attached hydrogen (secondary N) is 1. The van der Waals surface area contributed by atoms with Gasteiger partial charge in [0, 0.05) is 6.42 Å². The number of furan rings is 1. The molecule has 2 rings (SSSR count). The summed E-state index contributed by atoms with van der Waals surface area (Å²) in [7, 11) is 1.30. The number of benzene rings is 1. The third-order valence-corrected chi connectivity index (χ3v) is 3.76. The number of hydrogen-bond donors (Lipinski definition) is 1. The van der Waals surface area contributed by atoms with Gasteiger partial charge in [-0.05, 0) is 36.6 Å². The van der Waals surface area contributed by atoms with E-state index in [4.69, 9.17) is 4.42 Å². The van der Waals surface area contributed by atoms with E-state index in [1.54, 1.807) is 25.1 Å². The number of carbonyl (C=O) groups excluding carboxylic acids is 2. The molecule has 0 aliphatic rings. The Morgan fingerprint density at radius 1 is 1.29 bits per heavy atom. The highest BCUT2D eigenvalue weighted by Crippen LogP contribution is 2.19. The topological polar surface area (TPSA) is 68.5 Å². The lowest BCUT2D eigenvalue weighted by Gasteiger charge is -2.11. The maximum atomic E-state index is 12.9. The zero-order chi connectivity index (χ0) is 17.7. The molecular formula is C18H20FNO4.